The van der Waals surface area contributed by atoms with Crippen LogP contribution in [0.25, 0.3) is 11.3 Å². The summed E-state index contributed by atoms with van der Waals surface area (Å²) in [7, 11) is 0. The molecule has 1 heterocycles. The number of anilines is 1. The number of rotatable bonds is 4. The van der Waals surface area contributed by atoms with Gasteiger partial charge in [0.05, 0.1) is 15.9 Å². The second-order valence-electron chi connectivity index (χ2n) is 3.91. The summed E-state index contributed by atoms with van der Waals surface area (Å²) in [6, 6.07) is 6.17. The number of aryl methyl sites for hydroxylation is 1. The van der Waals surface area contributed by atoms with E-state index in [1.54, 1.807) is 12.1 Å². The van der Waals surface area contributed by atoms with E-state index in [1.165, 1.54) is 23.5 Å². The lowest BCUT2D eigenvalue weighted by Gasteiger charge is -1.98. The highest BCUT2D eigenvalue weighted by Crippen LogP contribution is 2.31. The van der Waals surface area contributed by atoms with Crippen LogP contribution in [0.1, 0.15) is 4.88 Å². The minimum atomic E-state index is -0.445. The number of nitrogens with one attached hydrogen (secondary N) is 1. The number of aromatic nitrogens is 1. The van der Waals surface area contributed by atoms with Gasteiger partial charge in [0.15, 0.2) is 5.13 Å². The number of thiazole rings is 1. The van der Waals surface area contributed by atoms with Crippen molar-refractivity contribution in [2.45, 2.75) is 6.92 Å². The lowest BCUT2D eigenvalue weighted by Crippen LogP contribution is -2.11. The molecule has 1 aromatic heterocycles. The van der Waals surface area contributed by atoms with Gasteiger partial charge in [-0.1, -0.05) is 15.9 Å². The summed E-state index contributed by atoms with van der Waals surface area (Å²) in [6.07, 6.45) is 0. The van der Waals surface area contributed by atoms with E-state index in [-0.39, 0.29) is 16.9 Å². The first kappa shape index (κ1) is 14.6. The first-order valence-electron chi connectivity index (χ1n) is 5.59. The van der Waals surface area contributed by atoms with E-state index in [0.29, 0.717) is 5.13 Å². The molecular formula is C12H10BrN3O3S. The van der Waals surface area contributed by atoms with Crippen LogP contribution in [-0.4, -0.2) is 21.1 Å². The fraction of sp³-hybridized carbons (Fsp3) is 0.167. The Kier molecular flexibility index (Phi) is 4.46. The molecule has 0 radical (unpaired) electrons. The Labute approximate surface area is 127 Å². The standard InChI is InChI=1S/C12H10BrN3O3S/c1-7-11(15-12(20-7)14-10(17)6-13)8-2-4-9(5-3-8)16(18)19/h2-5H,6H2,1H3,(H,14,15,17). The molecule has 0 spiro atoms. The van der Waals surface area contributed by atoms with Gasteiger partial charge in [-0.25, -0.2) is 4.98 Å². The number of halogens is 1. The van der Waals surface area contributed by atoms with Crippen molar-refractivity contribution in [1.29, 1.82) is 0 Å². The van der Waals surface area contributed by atoms with Gasteiger partial charge < -0.3 is 5.32 Å². The largest absolute Gasteiger partial charge is 0.301 e. The molecule has 1 N–H and O–H groups in total. The van der Waals surface area contributed by atoms with E-state index >= 15 is 0 Å². The number of nitro groups is 1. The Hall–Kier alpha value is -1.80. The van der Waals surface area contributed by atoms with Crippen LogP contribution in [0.5, 0.6) is 0 Å². The number of nitrogens with zero attached hydrogens (tertiary/aromatic N) is 2. The van der Waals surface area contributed by atoms with E-state index < -0.39 is 4.92 Å². The second-order valence-corrected chi connectivity index (χ2v) is 5.67. The van der Waals surface area contributed by atoms with Crippen LogP contribution in [-0.2, 0) is 4.79 Å². The summed E-state index contributed by atoms with van der Waals surface area (Å²) < 4.78 is 0. The molecule has 0 bridgehead atoms. The number of alkyl halides is 1. The molecule has 0 aliphatic rings. The van der Waals surface area contributed by atoms with Gasteiger partial charge in [-0.3, -0.25) is 14.9 Å². The molecule has 8 heteroatoms. The average molecular weight is 356 g/mol. The maximum Gasteiger partial charge on any atom is 0.269 e. The minimum Gasteiger partial charge on any atom is -0.301 e. The molecular weight excluding hydrogens is 346 g/mol. The normalized spacial score (nSPS) is 10.3. The van der Waals surface area contributed by atoms with Crippen molar-refractivity contribution < 1.29 is 9.72 Å². The van der Waals surface area contributed by atoms with Crippen LogP contribution in [0, 0.1) is 17.0 Å². The zero-order valence-electron chi connectivity index (χ0n) is 10.4. The highest BCUT2D eigenvalue weighted by Gasteiger charge is 2.13. The average Bonchev–Trinajstić information content (AvgIpc) is 2.79. The van der Waals surface area contributed by atoms with Gasteiger partial charge in [-0.15, -0.1) is 11.3 Å². The van der Waals surface area contributed by atoms with Crippen molar-refractivity contribution in [1.82, 2.24) is 4.98 Å². The fourth-order valence-corrected chi connectivity index (χ4v) is 2.60. The summed E-state index contributed by atoms with van der Waals surface area (Å²) in [5, 5.41) is 14.0. The maximum atomic E-state index is 11.3. The first-order valence-corrected chi connectivity index (χ1v) is 7.53. The Morgan fingerprint density at radius 1 is 1.45 bits per heavy atom. The summed E-state index contributed by atoms with van der Waals surface area (Å²) >= 11 is 4.43. The van der Waals surface area contributed by atoms with Gasteiger partial charge in [0.25, 0.3) is 5.69 Å². The highest BCUT2D eigenvalue weighted by molar-refractivity contribution is 9.09. The fourth-order valence-electron chi connectivity index (χ4n) is 1.61. The van der Waals surface area contributed by atoms with Gasteiger partial charge in [0, 0.05) is 22.6 Å². The molecule has 1 amide bonds. The molecule has 0 fully saturated rings. The Morgan fingerprint density at radius 2 is 2.10 bits per heavy atom. The zero-order chi connectivity index (χ0) is 14.7. The number of non-ortho nitro benzene ring substituents is 1. The third-order valence-corrected chi connectivity index (χ3v) is 3.91. The second kappa shape index (κ2) is 6.10. The molecule has 0 atom stereocenters. The molecule has 6 nitrogen and oxygen atoms in total. The first-order chi connectivity index (χ1) is 9.51. The lowest BCUT2D eigenvalue weighted by atomic mass is 10.1. The SMILES string of the molecule is Cc1sc(NC(=O)CBr)nc1-c1ccc([N+](=O)[O-])cc1. The number of amides is 1. The van der Waals surface area contributed by atoms with E-state index in [0.717, 1.165) is 16.1 Å². The monoisotopic (exact) mass is 355 g/mol. The Balaban J connectivity index is 2.28. The van der Waals surface area contributed by atoms with Crippen molar-refractivity contribution >= 4 is 44.0 Å². The van der Waals surface area contributed by atoms with Gasteiger partial charge in [0.2, 0.25) is 5.91 Å². The number of carbonyl (C=O) groups is 1. The molecule has 20 heavy (non-hydrogen) atoms. The molecule has 0 saturated carbocycles. The number of hydrogen-bond acceptors (Lipinski definition) is 5. The van der Waals surface area contributed by atoms with Crippen molar-refractivity contribution in [2.75, 3.05) is 10.6 Å². The minimum absolute atomic E-state index is 0.0365. The smallest absolute Gasteiger partial charge is 0.269 e. The molecule has 0 aliphatic carbocycles. The van der Waals surface area contributed by atoms with Crippen LogP contribution in [0.4, 0.5) is 10.8 Å². The van der Waals surface area contributed by atoms with Crippen LogP contribution in [0.15, 0.2) is 24.3 Å². The zero-order valence-corrected chi connectivity index (χ0v) is 12.8. The third-order valence-electron chi connectivity index (χ3n) is 2.52. The quantitative estimate of drug-likeness (QED) is 0.517. The van der Waals surface area contributed by atoms with Gasteiger partial charge in [-0.2, -0.15) is 0 Å². The van der Waals surface area contributed by atoms with Crippen LogP contribution in [0.3, 0.4) is 0 Å². The van der Waals surface area contributed by atoms with Gasteiger partial charge in [0.1, 0.15) is 0 Å². The Morgan fingerprint density at radius 3 is 2.65 bits per heavy atom. The summed E-state index contributed by atoms with van der Waals surface area (Å²) in [6.45, 7) is 1.89. The van der Waals surface area contributed by atoms with Crippen LogP contribution < -0.4 is 5.32 Å². The highest BCUT2D eigenvalue weighted by atomic mass is 79.9. The molecule has 1 aromatic carbocycles. The van der Waals surface area contributed by atoms with Crippen LogP contribution >= 0.6 is 27.3 Å². The number of nitro benzene ring substituents is 1. The summed E-state index contributed by atoms with van der Waals surface area (Å²) in [4.78, 5) is 26.7. The van der Waals surface area contributed by atoms with Gasteiger partial charge >= 0.3 is 0 Å². The van der Waals surface area contributed by atoms with Gasteiger partial charge in [-0.05, 0) is 19.1 Å². The predicted molar refractivity (Wildman–Crippen MR) is 81.4 cm³/mol. The molecule has 104 valence electrons. The molecule has 2 aromatic rings. The van der Waals surface area contributed by atoms with Crippen molar-refractivity contribution in [3.63, 3.8) is 0 Å². The lowest BCUT2D eigenvalue weighted by molar-refractivity contribution is -0.384. The maximum absolute atomic E-state index is 11.3. The molecule has 2 rings (SSSR count). The summed E-state index contributed by atoms with van der Waals surface area (Å²) in [5.74, 6) is -0.172. The summed E-state index contributed by atoms with van der Waals surface area (Å²) in [5.41, 5.74) is 1.54. The van der Waals surface area contributed by atoms with Crippen molar-refractivity contribution in [3.8, 4) is 11.3 Å². The van der Waals surface area contributed by atoms with Crippen molar-refractivity contribution in [2.24, 2.45) is 0 Å². The van der Waals surface area contributed by atoms with E-state index in [4.69, 9.17) is 0 Å². The Bertz CT molecular complexity index is 654. The van der Waals surface area contributed by atoms with E-state index in [9.17, 15) is 14.9 Å². The van der Waals surface area contributed by atoms with E-state index in [2.05, 4.69) is 26.2 Å². The molecule has 0 unspecified atom stereocenters. The van der Waals surface area contributed by atoms with Crippen molar-refractivity contribution in [3.05, 3.63) is 39.3 Å². The predicted octanol–water partition coefficient (Wildman–Crippen LogP) is 3.36. The van der Waals surface area contributed by atoms with E-state index in [1.807, 2.05) is 6.92 Å². The molecule has 0 aliphatic heterocycles. The number of hydrogen-bond donors (Lipinski definition) is 1. The molecule has 0 saturated heterocycles. The number of benzene rings is 1. The van der Waals surface area contributed by atoms with Crippen LogP contribution in [0.2, 0.25) is 0 Å². The number of carbonyl (C=O) groups excluding carboxylic acids is 1. The third kappa shape index (κ3) is 3.20. The topological polar surface area (TPSA) is 85.1 Å².